The molecule has 3 rings (SSSR count). The van der Waals surface area contributed by atoms with E-state index in [1.54, 1.807) is 0 Å². The number of hydrogen-bond donors (Lipinski definition) is 0. The van der Waals surface area contributed by atoms with Crippen molar-refractivity contribution in [2.24, 2.45) is 0 Å². The number of hydrogen-bond acceptors (Lipinski definition) is 3. The molecule has 0 saturated carbocycles. The highest BCUT2D eigenvalue weighted by Gasteiger charge is 2.12. The Morgan fingerprint density at radius 3 is 2.11 bits per heavy atom. The van der Waals surface area contributed by atoms with Crippen LogP contribution in [-0.2, 0) is 0 Å². The average Bonchev–Trinajstić information content (AvgIpc) is 2.89. The molecular weight excluding hydrogens is 235 g/mol. The number of aromatic nitrogens is 2. The summed E-state index contributed by atoms with van der Waals surface area (Å²) in [6.45, 7) is 2.01. The molecule has 0 amide bonds. The Bertz CT molecular complexity index is 661. The van der Waals surface area contributed by atoms with Crippen molar-refractivity contribution < 1.29 is 4.42 Å². The SMILES string of the molecule is [B]c1ccccc1-c1nnc(-c2ccccc2C)o1. The summed E-state index contributed by atoms with van der Waals surface area (Å²) >= 11 is 0. The van der Waals surface area contributed by atoms with Gasteiger partial charge >= 0.3 is 0 Å². The molecule has 2 radical (unpaired) electrons. The van der Waals surface area contributed by atoms with E-state index in [1.165, 1.54) is 0 Å². The molecule has 2 aromatic carbocycles. The largest absolute Gasteiger partial charge is 0.416 e. The van der Waals surface area contributed by atoms with Gasteiger partial charge in [-0.05, 0) is 18.6 Å². The summed E-state index contributed by atoms with van der Waals surface area (Å²) in [7, 11) is 5.90. The number of nitrogens with zero attached hydrogens (tertiary/aromatic N) is 2. The van der Waals surface area contributed by atoms with Crippen molar-refractivity contribution in [3.05, 3.63) is 54.1 Å². The van der Waals surface area contributed by atoms with Crippen molar-refractivity contribution in [1.29, 1.82) is 0 Å². The van der Waals surface area contributed by atoms with E-state index in [1.807, 2.05) is 55.5 Å². The predicted octanol–water partition coefficient (Wildman–Crippen LogP) is 2.51. The van der Waals surface area contributed by atoms with Crippen molar-refractivity contribution >= 4 is 13.3 Å². The van der Waals surface area contributed by atoms with Crippen LogP contribution in [0, 0.1) is 6.92 Å². The Hall–Kier alpha value is -2.36. The van der Waals surface area contributed by atoms with Crippen LogP contribution in [0.5, 0.6) is 0 Å². The Morgan fingerprint density at radius 1 is 0.842 bits per heavy atom. The van der Waals surface area contributed by atoms with Crippen molar-refractivity contribution in [2.75, 3.05) is 0 Å². The van der Waals surface area contributed by atoms with Crippen molar-refractivity contribution in [1.82, 2.24) is 10.2 Å². The topological polar surface area (TPSA) is 38.9 Å². The third-order valence-corrected chi connectivity index (χ3v) is 2.99. The van der Waals surface area contributed by atoms with Gasteiger partial charge < -0.3 is 4.42 Å². The lowest BCUT2D eigenvalue weighted by molar-refractivity contribution is 0.584. The van der Waals surface area contributed by atoms with Gasteiger partial charge in [-0.25, -0.2) is 0 Å². The molecule has 4 heteroatoms. The predicted molar refractivity (Wildman–Crippen MR) is 75.3 cm³/mol. The minimum atomic E-state index is 0.441. The molecule has 0 atom stereocenters. The molecule has 0 bridgehead atoms. The Kier molecular flexibility index (Phi) is 2.92. The Morgan fingerprint density at radius 2 is 1.42 bits per heavy atom. The molecule has 0 aliphatic carbocycles. The molecule has 0 saturated heterocycles. The van der Waals surface area contributed by atoms with Crippen LogP contribution in [0.15, 0.2) is 52.9 Å². The van der Waals surface area contributed by atoms with Gasteiger partial charge in [0.1, 0.15) is 7.85 Å². The van der Waals surface area contributed by atoms with E-state index in [-0.39, 0.29) is 0 Å². The summed E-state index contributed by atoms with van der Waals surface area (Å²) in [5.74, 6) is 0.952. The van der Waals surface area contributed by atoms with Gasteiger partial charge in [-0.2, -0.15) is 0 Å². The normalized spacial score (nSPS) is 10.6. The first kappa shape index (κ1) is 11.7. The molecule has 0 unspecified atom stereocenters. The van der Waals surface area contributed by atoms with Crippen LogP contribution in [0.25, 0.3) is 22.9 Å². The van der Waals surface area contributed by atoms with Crippen LogP contribution in [0.1, 0.15) is 5.56 Å². The summed E-state index contributed by atoms with van der Waals surface area (Å²) in [6, 6.07) is 15.3. The summed E-state index contributed by atoms with van der Waals surface area (Å²) in [4.78, 5) is 0. The molecule has 0 aliphatic rings. The highest BCUT2D eigenvalue weighted by Crippen LogP contribution is 2.24. The van der Waals surface area contributed by atoms with E-state index in [0.717, 1.165) is 16.7 Å². The highest BCUT2D eigenvalue weighted by atomic mass is 16.4. The first-order valence-electron chi connectivity index (χ1n) is 6.00. The van der Waals surface area contributed by atoms with Gasteiger partial charge in [-0.15, -0.1) is 10.2 Å². The standard InChI is InChI=1S/C15H11BN2O/c1-10-6-2-3-7-11(10)14-17-18-15(19-14)12-8-4-5-9-13(12)16/h2-9H,1H3. The molecule has 0 fully saturated rings. The van der Waals surface area contributed by atoms with Crippen LogP contribution in [0.2, 0.25) is 0 Å². The van der Waals surface area contributed by atoms with Gasteiger partial charge in [0.2, 0.25) is 11.8 Å². The minimum Gasteiger partial charge on any atom is -0.416 e. The summed E-state index contributed by atoms with van der Waals surface area (Å²) in [6.07, 6.45) is 0. The maximum absolute atomic E-state index is 5.90. The fourth-order valence-electron chi connectivity index (χ4n) is 1.95. The first-order valence-corrected chi connectivity index (χ1v) is 6.00. The molecular formula is C15H11BN2O. The summed E-state index contributed by atoms with van der Waals surface area (Å²) in [5.41, 5.74) is 3.42. The molecule has 90 valence electrons. The van der Waals surface area contributed by atoms with E-state index in [9.17, 15) is 0 Å². The zero-order valence-corrected chi connectivity index (χ0v) is 10.5. The second-order valence-corrected chi connectivity index (χ2v) is 4.31. The van der Waals surface area contributed by atoms with E-state index < -0.39 is 0 Å². The van der Waals surface area contributed by atoms with Crippen LogP contribution in [0.4, 0.5) is 0 Å². The van der Waals surface area contributed by atoms with E-state index in [0.29, 0.717) is 17.2 Å². The Balaban J connectivity index is 2.06. The smallest absolute Gasteiger partial charge is 0.248 e. The fraction of sp³-hybridized carbons (Fsp3) is 0.0667. The van der Waals surface area contributed by atoms with E-state index in [2.05, 4.69) is 10.2 Å². The average molecular weight is 246 g/mol. The van der Waals surface area contributed by atoms with Gasteiger partial charge in [0, 0.05) is 11.1 Å². The van der Waals surface area contributed by atoms with Crippen LogP contribution < -0.4 is 5.46 Å². The van der Waals surface area contributed by atoms with Crippen LogP contribution in [0.3, 0.4) is 0 Å². The number of benzene rings is 2. The minimum absolute atomic E-state index is 0.441. The van der Waals surface area contributed by atoms with E-state index >= 15 is 0 Å². The zero-order valence-electron chi connectivity index (χ0n) is 10.5. The van der Waals surface area contributed by atoms with Crippen molar-refractivity contribution in [3.63, 3.8) is 0 Å². The first-order chi connectivity index (χ1) is 9.25. The van der Waals surface area contributed by atoms with Gasteiger partial charge in [-0.3, -0.25) is 0 Å². The summed E-state index contributed by atoms with van der Waals surface area (Å²) in [5, 5.41) is 8.16. The van der Waals surface area contributed by atoms with Gasteiger partial charge in [-0.1, -0.05) is 47.9 Å². The molecule has 0 N–H and O–H groups in total. The molecule has 3 aromatic rings. The Labute approximate surface area is 112 Å². The van der Waals surface area contributed by atoms with Crippen LogP contribution >= 0.6 is 0 Å². The quantitative estimate of drug-likeness (QED) is 0.652. The maximum atomic E-state index is 5.90. The third-order valence-electron chi connectivity index (χ3n) is 2.99. The zero-order chi connectivity index (χ0) is 13.2. The third kappa shape index (κ3) is 2.17. The van der Waals surface area contributed by atoms with Crippen molar-refractivity contribution in [2.45, 2.75) is 6.92 Å². The van der Waals surface area contributed by atoms with Crippen molar-refractivity contribution in [3.8, 4) is 22.9 Å². The monoisotopic (exact) mass is 246 g/mol. The lowest BCUT2D eigenvalue weighted by atomic mass is 9.91. The van der Waals surface area contributed by atoms with Gasteiger partial charge in [0.25, 0.3) is 0 Å². The molecule has 0 spiro atoms. The number of aryl methyl sites for hydroxylation is 1. The van der Waals surface area contributed by atoms with Gasteiger partial charge in [0.05, 0.1) is 0 Å². The second-order valence-electron chi connectivity index (χ2n) is 4.31. The molecule has 1 aromatic heterocycles. The molecule has 3 nitrogen and oxygen atoms in total. The van der Waals surface area contributed by atoms with Gasteiger partial charge in [0.15, 0.2) is 0 Å². The molecule has 19 heavy (non-hydrogen) atoms. The summed E-state index contributed by atoms with van der Waals surface area (Å²) < 4.78 is 5.72. The second kappa shape index (κ2) is 4.73. The lowest BCUT2D eigenvalue weighted by Crippen LogP contribution is -2.05. The highest BCUT2D eigenvalue weighted by molar-refractivity contribution is 6.35. The van der Waals surface area contributed by atoms with Crippen LogP contribution in [-0.4, -0.2) is 18.0 Å². The van der Waals surface area contributed by atoms with E-state index in [4.69, 9.17) is 12.3 Å². The number of rotatable bonds is 2. The fourth-order valence-corrected chi connectivity index (χ4v) is 1.95. The molecule has 1 heterocycles. The maximum Gasteiger partial charge on any atom is 0.248 e. The lowest BCUT2D eigenvalue weighted by Gasteiger charge is -2.00. The molecule has 0 aliphatic heterocycles.